The van der Waals surface area contributed by atoms with E-state index in [1.165, 1.54) is 0 Å². The summed E-state index contributed by atoms with van der Waals surface area (Å²) in [5.41, 5.74) is 0.970. The number of hydrogen-bond acceptors (Lipinski definition) is 18. The van der Waals surface area contributed by atoms with E-state index in [1.807, 2.05) is 0 Å². The Hall–Kier alpha value is -6.00. The zero-order valence-electron chi connectivity index (χ0n) is 44.2. The molecule has 80 heavy (non-hydrogen) atoms. The highest BCUT2D eigenvalue weighted by molar-refractivity contribution is 7.89. The van der Waals surface area contributed by atoms with Crippen LogP contribution in [0.4, 0.5) is 21.0 Å². The molecule has 0 spiro atoms. The number of benzene rings is 4. The molecule has 8 atom stereocenters. The number of non-ortho nitro benzene ring substituents is 2. The van der Waals surface area contributed by atoms with Crippen molar-refractivity contribution in [3.05, 3.63) is 141 Å². The van der Waals surface area contributed by atoms with Crippen LogP contribution in [0.3, 0.4) is 0 Å². The highest BCUT2D eigenvalue weighted by Gasteiger charge is 2.41. The van der Waals surface area contributed by atoms with Crippen LogP contribution in [0.25, 0.3) is 0 Å². The Kier molecular flexibility index (Phi) is 25.3. The van der Waals surface area contributed by atoms with Crippen LogP contribution in [0.5, 0.6) is 0 Å². The standard InChI is InChI=1S/2C25H32N3O10PS/c2*1-18(2)15-27(40(34,35)22-10-8-20(9-11-22)28(30)31)16-24(38-39(32)33)23(14-19-6-4-3-5-7-19)26-25(29)37-21-12-13-36-17-21/h2*3-11,18,21,23-24H,12-17H2,1-2H3,(H-,26,29,32,33)/p+2/t2*21-,23-,24+/m00/s1. The maximum Gasteiger partial charge on any atom is 0.695 e. The number of hydrogen-bond donors (Lipinski definition) is 4. The molecule has 30 heteroatoms. The molecule has 4 aromatic rings. The molecule has 4 aromatic carbocycles. The topological polar surface area (TPSA) is 349 Å². The summed E-state index contributed by atoms with van der Waals surface area (Å²) < 4.78 is 112. The van der Waals surface area contributed by atoms with Crippen molar-refractivity contribution in [2.75, 3.05) is 52.6 Å². The molecule has 436 valence electrons. The first kappa shape index (κ1) is 64.8. The minimum atomic E-state index is -4.23. The Morgan fingerprint density at radius 1 is 0.600 bits per heavy atom. The summed E-state index contributed by atoms with van der Waals surface area (Å²) in [6, 6.07) is 24.8. The first-order chi connectivity index (χ1) is 37.9. The zero-order chi connectivity index (χ0) is 58.6. The molecule has 0 aliphatic carbocycles. The molecule has 0 radical (unpaired) electrons. The number of carbonyl (C=O) groups excluding carboxylic acids is 2. The van der Waals surface area contributed by atoms with E-state index in [4.69, 9.17) is 28.0 Å². The minimum absolute atomic E-state index is 0.00328. The van der Waals surface area contributed by atoms with Crippen molar-refractivity contribution in [2.24, 2.45) is 11.8 Å². The average molecular weight is 1200 g/mol. The lowest BCUT2D eigenvalue weighted by molar-refractivity contribution is -0.385. The molecule has 2 unspecified atom stereocenters. The summed E-state index contributed by atoms with van der Waals surface area (Å²) in [6.07, 6.45) is -3.73. The van der Waals surface area contributed by atoms with Crippen LogP contribution in [0.1, 0.15) is 51.7 Å². The normalized spacial score (nSPS) is 17.4. The van der Waals surface area contributed by atoms with Gasteiger partial charge in [0.2, 0.25) is 20.0 Å². The lowest BCUT2D eigenvalue weighted by Crippen LogP contribution is -2.52. The third-order valence-corrected chi connectivity index (χ3v) is 16.7. The van der Waals surface area contributed by atoms with E-state index in [2.05, 4.69) is 10.6 Å². The Labute approximate surface area is 465 Å². The van der Waals surface area contributed by atoms with Crippen molar-refractivity contribution in [3.8, 4) is 0 Å². The van der Waals surface area contributed by atoms with Crippen molar-refractivity contribution < 1.29 is 83.2 Å². The summed E-state index contributed by atoms with van der Waals surface area (Å²) in [6.45, 7) is 7.77. The van der Waals surface area contributed by atoms with Gasteiger partial charge >= 0.3 is 28.7 Å². The van der Waals surface area contributed by atoms with Gasteiger partial charge in [0.25, 0.3) is 11.4 Å². The number of nitro benzene ring substituents is 2. The predicted octanol–water partition coefficient (Wildman–Crippen LogP) is 6.81. The molecule has 6 rings (SSSR count). The number of ether oxygens (including phenoxy) is 4. The van der Waals surface area contributed by atoms with Gasteiger partial charge in [0, 0.05) is 72.4 Å². The first-order valence-corrected chi connectivity index (χ1v) is 30.4. The molecule has 2 heterocycles. The monoisotopic (exact) mass is 1200 g/mol. The number of carbonyl (C=O) groups is 2. The predicted molar refractivity (Wildman–Crippen MR) is 288 cm³/mol. The first-order valence-electron chi connectivity index (χ1n) is 25.2. The molecule has 2 fully saturated rings. The average Bonchev–Trinajstić information content (AvgIpc) is 4.13. The Bertz CT molecular complexity index is 2710. The van der Waals surface area contributed by atoms with Gasteiger partial charge < -0.3 is 29.6 Å². The van der Waals surface area contributed by atoms with Crippen LogP contribution in [0, 0.1) is 32.1 Å². The minimum Gasteiger partial charge on any atom is -0.444 e. The zero-order valence-corrected chi connectivity index (χ0v) is 47.7. The van der Waals surface area contributed by atoms with Crippen LogP contribution in [-0.2, 0) is 70.0 Å². The third-order valence-electron chi connectivity index (χ3n) is 12.2. The molecular formula is C50H66N6O20P2S2+2. The maximum atomic E-state index is 13.6. The van der Waals surface area contributed by atoms with Crippen molar-refractivity contribution >= 4 is 60.1 Å². The molecule has 0 aromatic heterocycles. The van der Waals surface area contributed by atoms with Crippen molar-refractivity contribution in [1.29, 1.82) is 0 Å². The van der Waals surface area contributed by atoms with Crippen LogP contribution in [0.15, 0.2) is 119 Å². The summed E-state index contributed by atoms with van der Waals surface area (Å²) in [5.74, 6) is -0.326. The SMILES string of the molecule is CC(C)CN(C[C@@H](O[P+](=O)O)[C@H](Cc1ccccc1)NC(=O)O[C@H]1CCOC1)S(=O)(=O)c1ccc([N+](=O)[O-])cc1.CC(C)CN(C[C@@H](O[P+](=O)O)[C@H](Cc1ccccc1)NC(=O)O[C@H]1CCOC1)S(=O)(=O)c1ccc([N+](=O)[O-])cc1. The number of amides is 2. The van der Waals surface area contributed by atoms with E-state index in [0.717, 1.165) is 68.3 Å². The second-order valence-electron chi connectivity index (χ2n) is 19.4. The lowest BCUT2D eigenvalue weighted by Gasteiger charge is -2.30. The van der Waals surface area contributed by atoms with Crippen LogP contribution < -0.4 is 10.6 Å². The van der Waals surface area contributed by atoms with Gasteiger partial charge in [0.05, 0.1) is 58.1 Å². The molecule has 2 saturated heterocycles. The van der Waals surface area contributed by atoms with Gasteiger partial charge in [-0.15, -0.1) is 18.8 Å². The molecule has 2 aliphatic rings. The van der Waals surface area contributed by atoms with Crippen molar-refractivity contribution in [1.82, 2.24) is 19.2 Å². The number of nitro groups is 2. The molecule has 2 aliphatic heterocycles. The largest absolute Gasteiger partial charge is 0.695 e. The highest BCUT2D eigenvalue weighted by Crippen LogP contribution is 2.29. The summed E-state index contributed by atoms with van der Waals surface area (Å²) in [7, 11) is -14.9. The number of sulfonamides is 2. The van der Waals surface area contributed by atoms with E-state index >= 15 is 0 Å². The van der Waals surface area contributed by atoms with Gasteiger partial charge in [-0.2, -0.15) is 8.61 Å². The van der Waals surface area contributed by atoms with Crippen LogP contribution >= 0.6 is 16.5 Å². The van der Waals surface area contributed by atoms with Gasteiger partial charge in [0.1, 0.15) is 12.2 Å². The highest BCUT2D eigenvalue weighted by atomic mass is 32.2. The van der Waals surface area contributed by atoms with Crippen molar-refractivity contribution in [2.45, 2.75) is 99.7 Å². The molecule has 2 amide bonds. The Balaban J connectivity index is 0.000000294. The Morgan fingerprint density at radius 3 is 1.21 bits per heavy atom. The number of alkyl carbamates (subject to hydrolysis) is 2. The maximum absolute atomic E-state index is 13.6. The van der Waals surface area contributed by atoms with E-state index in [-0.39, 0.29) is 72.1 Å². The van der Waals surface area contributed by atoms with Gasteiger partial charge in [-0.05, 0) is 60.1 Å². The number of rotatable bonds is 28. The summed E-state index contributed by atoms with van der Waals surface area (Å²) >= 11 is 0. The summed E-state index contributed by atoms with van der Waals surface area (Å²) in [4.78, 5) is 65.4. The van der Waals surface area contributed by atoms with Crippen LogP contribution in [0.2, 0.25) is 0 Å². The van der Waals surface area contributed by atoms with Crippen molar-refractivity contribution in [3.63, 3.8) is 0 Å². The number of nitrogens with zero attached hydrogens (tertiary/aromatic N) is 4. The van der Waals surface area contributed by atoms with E-state index in [9.17, 15) is 65.6 Å². The fourth-order valence-corrected chi connectivity index (χ4v) is 12.5. The fraction of sp³-hybridized carbons (Fsp3) is 0.480. The fourth-order valence-electron chi connectivity index (χ4n) is 8.41. The molecular weight excluding hydrogens is 1130 g/mol. The van der Waals surface area contributed by atoms with Gasteiger partial charge in [-0.1, -0.05) is 88.4 Å². The van der Waals surface area contributed by atoms with Gasteiger partial charge in [0.15, 0.2) is 12.2 Å². The van der Waals surface area contributed by atoms with Crippen LogP contribution in [-0.4, -0.2) is 146 Å². The second-order valence-corrected chi connectivity index (χ2v) is 24.6. The van der Waals surface area contributed by atoms with E-state index < -0.39 is 108 Å². The number of nitrogens with one attached hydrogen (secondary N) is 2. The quantitative estimate of drug-likeness (QED) is 0.0258. The van der Waals surface area contributed by atoms with E-state index in [1.54, 1.807) is 88.4 Å². The molecule has 0 saturated carbocycles. The molecule has 26 nitrogen and oxygen atoms in total. The molecule has 4 N–H and O–H groups in total. The molecule has 0 bridgehead atoms. The lowest BCUT2D eigenvalue weighted by atomic mass is 10.0. The Morgan fingerprint density at radius 2 is 0.938 bits per heavy atom. The summed E-state index contributed by atoms with van der Waals surface area (Å²) in [5, 5.41) is 27.5. The van der Waals surface area contributed by atoms with E-state index in [0.29, 0.717) is 26.1 Å². The van der Waals surface area contributed by atoms with Gasteiger partial charge in [-0.3, -0.25) is 20.2 Å². The third kappa shape index (κ3) is 20.8. The van der Waals surface area contributed by atoms with Gasteiger partial charge in [-0.25, -0.2) is 26.4 Å². The smallest absolute Gasteiger partial charge is 0.444 e. The second kappa shape index (κ2) is 31.3.